The van der Waals surface area contributed by atoms with E-state index in [1.54, 1.807) is 12.1 Å². The van der Waals surface area contributed by atoms with Crippen LogP contribution in [-0.2, 0) is 9.59 Å². The van der Waals surface area contributed by atoms with Crippen LogP contribution < -0.4 is 5.32 Å². The minimum absolute atomic E-state index is 0.0726. The Kier molecular flexibility index (Phi) is 9.14. The molecule has 1 aromatic rings. The lowest BCUT2D eigenvalue weighted by Gasteiger charge is -2.34. The van der Waals surface area contributed by atoms with Gasteiger partial charge in [0.15, 0.2) is 0 Å². The van der Waals surface area contributed by atoms with Crippen LogP contribution in [0.1, 0.15) is 13.8 Å². The zero-order valence-corrected chi connectivity index (χ0v) is 18.0. The van der Waals surface area contributed by atoms with Crippen LogP contribution in [0.4, 0.5) is 10.1 Å². The first-order chi connectivity index (χ1) is 13.4. The Morgan fingerprint density at radius 1 is 1.21 bits per heavy atom. The van der Waals surface area contributed by atoms with E-state index in [1.807, 2.05) is 23.6 Å². The number of carbonyl (C=O) groups excluding carboxylic acids is 2. The highest BCUT2D eigenvalue weighted by Gasteiger charge is 2.23. The minimum Gasteiger partial charge on any atom is -0.358 e. The Morgan fingerprint density at radius 3 is 2.50 bits per heavy atom. The van der Waals surface area contributed by atoms with Crippen LogP contribution >= 0.6 is 24.0 Å². The van der Waals surface area contributed by atoms with Crippen LogP contribution in [0.5, 0.6) is 0 Å². The monoisotopic (exact) mass is 426 g/mol. The molecular formula is C19H27FN4O2S2. The summed E-state index contributed by atoms with van der Waals surface area (Å²) in [5.41, 5.74) is 0.444. The predicted octanol–water partition coefficient (Wildman–Crippen LogP) is 2.27. The maximum atomic E-state index is 13.2. The van der Waals surface area contributed by atoms with Crippen molar-refractivity contribution in [3.8, 4) is 0 Å². The van der Waals surface area contributed by atoms with Crippen molar-refractivity contribution in [2.75, 3.05) is 56.9 Å². The van der Waals surface area contributed by atoms with Gasteiger partial charge in [0.1, 0.15) is 10.1 Å². The summed E-state index contributed by atoms with van der Waals surface area (Å²) in [5.74, 6) is -0.160. The van der Waals surface area contributed by atoms with Gasteiger partial charge in [0, 0.05) is 45.0 Å². The fraction of sp³-hybridized carbons (Fsp3) is 0.526. The molecule has 1 aliphatic rings. The molecule has 0 atom stereocenters. The number of piperazine rings is 1. The lowest BCUT2D eigenvalue weighted by Crippen LogP contribution is -2.51. The van der Waals surface area contributed by atoms with Gasteiger partial charge in [0.25, 0.3) is 0 Å². The third kappa shape index (κ3) is 7.03. The van der Waals surface area contributed by atoms with Crippen molar-refractivity contribution in [2.24, 2.45) is 0 Å². The molecule has 28 heavy (non-hydrogen) atoms. The summed E-state index contributed by atoms with van der Waals surface area (Å²) in [6, 6.07) is 5.82. The third-order valence-electron chi connectivity index (χ3n) is 4.54. The number of thioether (sulfide) groups is 1. The minimum atomic E-state index is -0.386. The van der Waals surface area contributed by atoms with Gasteiger partial charge in [-0.3, -0.25) is 14.5 Å². The molecule has 1 heterocycles. The second kappa shape index (κ2) is 11.3. The van der Waals surface area contributed by atoms with Gasteiger partial charge in [0.2, 0.25) is 11.8 Å². The molecule has 0 bridgehead atoms. The maximum absolute atomic E-state index is 13.2. The zero-order valence-electron chi connectivity index (χ0n) is 16.3. The van der Waals surface area contributed by atoms with E-state index in [-0.39, 0.29) is 24.2 Å². The van der Waals surface area contributed by atoms with E-state index in [1.165, 1.54) is 23.9 Å². The first-order valence-corrected chi connectivity index (χ1v) is 10.8. The van der Waals surface area contributed by atoms with Crippen molar-refractivity contribution < 1.29 is 14.0 Å². The number of halogens is 1. The summed E-state index contributed by atoms with van der Waals surface area (Å²) in [5, 5.41) is 2.69. The second-order valence-electron chi connectivity index (χ2n) is 6.44. The van der Waals surface area contributed by atoms with E-state index >= 15 is 0 Å². The van der Waals surface area contributed by atoms with Crippen molar-refractivity contribution in [2.45, 2.75) is 13.8 Å². The Morgan fingerprint density at radius 2 is 1.89 bits per heavy atom. The molecule has 1 aliphatic heterocycles. The fourth-order valence-electron chi connectivity index (χ4n) is 2.91. The largest absolute Gasteiger partial charge is 0.358 e. The number of amides is 2. The van der Waals surface area contributed by atoms with Gasteiger partial charge in [-0.15, -0.1) is 0 Å². The molecule has 1 fully saturated rings. The van der Waals surface area contributed by atoms with Crippen molar-refractivity contribution in [3.05, 3.63) is 30.1 Å². The van der Waals surface area contributed by atoms with Gasteiger partial charge >= 0.3 is 0 Å². The van der Waals surface area contributed by atoms with Crippen molar-refractivity contribution in [1.82, 2.24) is 14.7 Å². The third-order valence-corrected chi connectivity index (χ3v) is 6.05. The molecule has 0 spiro atoms. The normalized spacial score (nSPS) is 14.6. The van der Waals surface area contributed by atoms with E-state index in [0.29, 0.717) is 37.6 Å². The fourth-order valence-corrected chi connectivity index (χ4v) is 4.22. The number of thiocarbonyl (C=S) groups is 1. The quantitative estimate of drug-likeness (QED) is 0.675. The molecule has 1 aromatic carbocycles. The average Bonchev–Trinajstić information content (AvgIpc) is 2.67. The number of nitrogens with zero attached hydrogens (tertiary/aromatic N) is 3. The number of hydrogen-bond donors (Lipinski definition) is 1. The first-order valence-electron chi connectivity index (χ1n) is 9.40. The van der Waals surface area contributed by atoms with E-state index in [2.05, 4.69) is 10.2 Å². The maximum Gasteiger partial charge on any atom is 0.238 e. The summed E-state index contributed by atoms with van der Waals surface area (Å²) < 4.78 is 13.9. The molecule has 0 radical (unpaired) electrons. The van der Waals surface area contributed by atoms with Gasteiger partial charge in [-0.25, -0.2) is 4.39 Å². The van der Waals surface area contributed by atoms with Gasteiger partial charge in [-0.2, -0.15) is 0 Å². The lowest BCUT2D eigenvalue weighted by molar-refractivity contribution is -0.130. The number of rotatable bonds is 7. The number of nitrogens with one attached hydrogen (secondary N) is 1. The van der Waals surface area contributed by atoms with E-state index in [4.69, 9.17) is 12.2 Å². The van der Waals surface area contributed by atoms with Crippen molar-refractivity contribution in [1.29, 1.82) is 0 Å². The number of carbonyl (C=O) groups is 2. The Hall–Kier alpha value is -1.71. The summed E-state index contributed by atoms with van der Waals surface area (Å²) in [6.07, 6.45) is 0. The van der Waals surface area contributed by atoms with Crippen LogP contribution in [0, 0.1) is 5.82 Å². The number of hydrogen-bond acceptors (Lipinski definition) is 5. The van der Waals surface area contributed by atoms with Gasteiger partial charge in [-0.05, 0) is 32.0 Å². The smallest absolute Gasteiger partial charge is 0.238 e. The highest BCUT2D eigenvalue weighted by Crippen LogP contribution is 2.12. The Labute approximate surface area is 175 Å². The van der Waals surface area contributed by atoms with Crippen molar-refractivity contribution >= 4 is 45.8 Å². The van der Waals surface area contributed by atoms with Crippen LogP contribution in [0.25, 0.3) is 0 Å². The first kappa shape index (κ1) is 22.6. The lowest BCUT2D eigenvalue weighted by atomic mass is 10.3. The van der Waals surface area contributed by atoms with Gasteiger partial charge < -0.3 is 15.1 Å². The number of benzene rings is 1. The Balaban J connectivity index is 1.71. The molecule has 154 valence electrons. The van der Waals surface area contributed by atoms with Crippen LogP contribution in [-0.4, -0.2) is 82.4 Å². The zero-order chi connectivity index (χ0) is 20.5. The predicted molar refractivity (Wildman–Crippen MR) is 116 cm³/mol. The standard InChI is InChI=1S/C19H27FN4O2S2/c1-3-23(4-2)19(27)28-14-18(26)24-10-8-22(9-11-24)13-17(25)21-16-7-5-6-15(20)12-16/h5-7,12H,3-4,8-11,13-14H2,1-2H3,(H,21,25). The summed E-state index contributed by atoms with van der Waals surface area (Å²) in [4.78, 5) is 30.4. The average molecular weight is 427 g/mol. The van der Waals surface area contributed by atoms with E-state index < -0.39 is 0 Å². The molecule has 2 rings (SSSR count). The van der Waals surface area contributed by atoms with Crippen LogP contribution in [0.15, 0.2) is 24.3 Å². The molecule has 0 aromatic heterocycles. The van der Waals surface area contributed by atoms with Crippen LogP contribution in [0.2, 0.25) is 0 Å². The molecule has 1 N–H and O–H groups in total. The topological polar surface area (TPSA) is 55.9 Å². The van der Waals surface area contributed by atoms with Crippen LogP contribution in [0.3, 0.4) is 0 Å². The molecular weight excluding hydrogens is 399 g/mol. The molecule has 9 heteroatoms. The second-order valence-corrected chi connectivity index (χ2v) is 8.05. The Bertz CT molecular complexity index is 692. The summed E-state index contributed by atoms with van der Waals surface area (Å²) >= 11 is 6.77. The summed E-state index contributed by atoms with van der Waals surface area (Å²) in [7, 11) is 0. The molecule has 0 saturated carbocycles. The van der Waals surface area contributed by atoms with Gasteiger partial charge in [-0.1, -0.05) is 30.0 Å². The number of anilines is 1. The highest BCUT2D eigenvalue weighted by molar-refractivity contribution is 8.23. The SMILES string of the molecule is CCN(CC)C(=S)SCC(=O)N1CCN(CC(=O)Nc2cccc(F)c2)CC1. The van der Waals surface area contributed by atoms with Gasteiger partial charge in [0.05, 0.1) is 12.3 Å². The van der Waals surface area contributed by atoms with E-state index in [9.17, 15) is 14.0 Å². The molecule has 2 amide bonds. The highest BCUT2D eigenvalue weighted by atomic mass is 32.2. The van der Waals surface area contributed by atoms with Crippen molar-refractivity contribution in [3.63, 3.8) is 0 Å². The summed E-state index contributed by atoms with van der Waals surface area (Å²) in [6.45, 7) is 8.43. The molecule has 1 saturated heterocycles. The molecule has 0 unspecified atom stereocenters. The van der Waals surface area contributed by atoms with E-state index in [0.717, 1.165) is 17.4 Å². The molecule has 6 nitrogen and oxygen atoms in total. The molecule has 0 aliphatic carbocycles.